The van der Waals surface area contributed by atoms with Crippen molar-refractivity contribution >= 4 is 11.9 Å². The zero-order chi connectivity index (χ0) is 17.9. The SMILES string of the molecule is Cc1nn(-c2ccc(F)cc2)c(C)c1CC(=O)N(C)CCC(=O)O. The molecule has 6 nitrogen and oxygen atoms in total. The van der Waals surface area contributed by atoms with E-state index in [1.54, 1.807) is 23.9 Å². The second-order valence-electron chi connectivity index (χ2n) is 5.67. The Morgan fingerprint density at radius 3 is 2.46 bits per heavy atom. The van der Waals surface area contributed by atoms with Gasteiger partial charge in [-0.1, -0.05) is 0 Å². The van der Waals surface area contributed by atoms with Crippen molar-refractivity contribution < 1.29 is 19.1 Å². The van der Waals surface area contributed by atoms with Gasteiger partial charge in [-0.3, -0.25) is 9.59 Å². The molecule has 0 unspecified atom stereocenters. The van der Waals surface area contributed by atoms with Crippen molar-refractivity contribution in [3.63, 3.8) is 0 Å². The summed E-state index contributed by atoms with van der Waals surface area (Å²) in [5.41, 5.74) is 3.04. The van der Waals surface area contributed by atoms with Crippen LogP contribution in [-0.2, 0) is 16.0 Å². The lowest BCUT2D eigenvalue weighted by atomic mass is 10.1. The van der Waals surface area contributed by atoms with Gasteiger partial charge in [0.2, 0.25) is 5.91 Å². The Bertz CT molecular complexity index is 753. The van der Waals surface area contributed by atoms with Gasteiger partial charge in [-0.15, -0.1) is 0 Å². The third kappa shape index (κ3) is 3.98. The molecule has 0 aliphatic heterocycles. The average molecular weight is 333 g/mol. The van der Waals surface area contributed by atoms with Gasteiger partial charge in [-0.05, 0) is 38.1 Å². The van der Waals surface area contributed by atoms with E-state index in [0.29, 0.717) is 0 Å². The molecule has 1 aromatic heterocycles. The first-order valence-corrected chi connectivity index (χ1v) is 7.56. The molecular weight excluding hydrogens is 313 g/mol. The molecule has 0 atom stereocenters. The molecule has 0 saturated heterocycles. The van der Waals surface area contributed by atoms with Crippen molar-refractivity contribution in [3.8, 4) is 5.69 Å². The van der Waals surface area contributed by atoms with E-state index in [1.165, 1.54) is 17.0 Å². The summed E-state index contributed by atoms with van der Waals surface area (Å²) in [6, 6.07) is 5.96. The van der Waals surface area contributed by atoms with Gasteiger partial charge in [-0.25, -0.2) is 9.07 Å². The average Bonchev–Trinajstić information content (AvgIpc) is 2.81. The number of carboxylic acids is 1. The van der Waals surface area contributed by atoms with Gasteiger partial charge >= 0.3 is 5.97 Å². The molecule has 2 aromatic rings. The summed E-state index contributed by atoms with van der Waals surface area (Å²) in [6.45, 7) is 3.83. The highest BCUT2D eigenvalue weighted by molar-refractivity contribution is 5.79. The molecule has 128 valence electrons. The van der Waals surface area contributed by atoms with Gasteiger partial charge in [0, 0.05) is 24.8 Å². The number of aliphatic carboxylic acids is 1. The van der Waals surface area contributed by atoms with Crippen LogP contribution in [0, 0.1) is 19.7 Å². The monoisotopic (exact) mass is 333 g/mol. The molecule has 0 bridgehead atoms. The number of benzene rings is 1. The molecule has 2 rings (SSSR count). The minimum Gasteiger partial charge on any atom is -0.481 e. The highest BCUT2D eigenvalue weighted by atomic mass is 19.1. The van der Waals surface area contributed by atoms with Crippen LogP contribution in [0.1, 0.15) is 23.4 Å². The zero-order valence-corrected chi connectivity index (χ0v) is 13.9. The molecule has 24 heavy (non-hydrogen) atoms. The molecule has 1 heterocycles. The van der Waals surface area contributed by atoms with E-state index in [4.69, 9.17) is 5.11 Å². The quantitative estimate of drug-likeness (QED) is 0.878. The fraction of sp³-hybridized carbons (Fsp3) is 0.353. The van der Waals surface area contributed by atoms with Crippen LogP contribution in [0.4, 0.5) is 4.39 Å². The number of amides is 1. The third-order valence-corrected chi connectivity index (χ3v) is 3.93. The molecular formula is C17H20FN3O3. The van der Waals surface area contributed by atoms with E-state index in [2.05, 4.69) is 5.10 Å². The van der Waals surface area contributed by atoms with Crippen LogP contribution in [0.3, 0.4) is 0 Å². The maximum Gasteiger partial charge on any atom is 0.305 e. The Morgan fingerprint density at radius 1 is 1.25 bits per heavy atom. The van der Waals surface area contributed by atoms with Crippen LogP contribution in [0.15, 0.2) is 24.3 Å². The van der Waals surface area contributed by atoms with Crippen LogP contribution in [0.5, 0.6) is 0 Å². The molecule has 0 spiro atoms. The van der Waals surface area contributed by atoms with Crippen LogP contribution in [0.25, 0.3) is 5.69 Å². The number of carbonyl (C=O) groups is 2. The first kappa shape index (κ1) is 17.7. The Balaban J connectivity index is 2.18. The molecule has 1 N–H and O–H groups in total. The van der Waals surface area contributed by atoms with Crippen LogP contribution in [-0.4, -0.2) is 45.3 Å². The van der Waals surface area contributed by atoms with Crippen molar-refractivity contribution in [2.45, 2.75) is 26.7 Å². The number of aromatic nitrogens is 2. The maximum absolute atomic E-state index is 13.1. The largest absolute Gasteiger partial charge is 0.481 e. The van der Waals surface area contributed by atoms with Crippen LogP contribution < -0.4 is 0 Å². The van der Waals surface area contributed by atoms with Crippen molar-refractivity contribution in [3.05, 3.63) is 47.0 Å². The molecule has 0 radical (unpaired) electrons. The van der Waals surface area contributed by atoms with Gasteiger partial charge in [0.05, 0.1) is 24.2 Å². The summed E-state index contributed by atoms with van der Waals surface area (Å²) in [5, 5.41) is 13.1. The molecule has 0 fully saturated rings. The van der Waals surface area contributed by atoms with E-state index >= 15 is 0 Å². The van der Waals surface area contributed by atoms with Gasteiger partial charge in [-0.2, -0.15) is 5.10 Å². The van der Waals surface area contributed by atoms with Crippen LogP contribution >= 0.6 is 0 Å². The number of aryl methyl sites for hydroxylation is 1. The normalized spacial score (nSPS) is 10.7. The summed E-state index contributed by atoms with van der Waals surface area (Å²) in [4.78, 5) is 24.3. The number of carbonyl (C=O) groups excluding carboxylic acids is 1. The topological polar surface area (TPSA) is 75.4 Å². The van der Waals surface area contributed by atoms with E-state index in [9.17, 15) is 14.0 Å². The summed E-state index contributed by atoms with van der Waals surface area (Å²) in [5.74, 6) is -1.43. The first-order valence-electron chi connectivity index (χ1n) is 7.56. The molecule has 0 saturated carbocycles. The summed E-state index contributed by atoms with van der Waals surface area (Å²) >= 11 is 0. The molecule has 1 aromatic carbocycles. The number of hydrogen-bond acceptors (Lipinski definition) is 3. The maximum atomic E-state index is 13.1. The fourth-order valence-electron chi connectivity index (χ4n) is 2.44. The Morgan fingerprint density at radius 2 is 1.88 bits per heavy atom. The fourth-order valence-corrected chi connectivity index (χ4v) is 2.44. The van der Waals surface area contributed by atoms with E-state index in [-0.39, 0.29) is 31.1 Å². The molecule has 7 heteroatoms. The predicted molar refractivity (Wildman–Crippen MR) is 86.6 cm³/mol. The summed E-state index contributed by atoms with van der Waals surface area (Å²) < 4.78 is 14.7. The number of carboxylic acid groups (broad SMARTS) is 1. The Hall–Kier alpha value is -2.70. The summed E-state index contributed by atoms with van der Waals surface area (Å²) in [6.07, 6.45) is 0.0595. The van der Waals surface area contributed by atoms with Gasteiger partial charge in [0.15, 0.2) is 0 Å². The van der Waals surface area contributed by atoms with Crippen molar-refractivity contribution in [2.75, 3.05) is 13.6 Å². The van der Waals surface area contributed by atoms with E-state index in [0.717, 1.165) is 22.6 Å². The first-order chi connectivity index (χ1) is 11.3. The van der Waals surface area contributed by atoms with Crippen LogP contribution in [0.2, 0.25) is 0 Å². The highest BCUT2D eigenvalue weighted by Crippen LogP contribution is 2.19. The van der Waals surface area contributed by atoms with Crippen molar-refractivity contribution in [1.82, 2.24) is 14.7 Å². The number of nitrogens with zero attached hydrogens (tertiary/aromatic N) is 3. The lowest BCUT2D eigenvalue weighted by Gasteiger charge is -2.16. The lowest BCUT2D eigenvalue weighted by molar-refractivity contribution is -0.138. The molecule has 1 amide bonds. The van der Waals surface area contributed by atoms with Gasteiger partial charge in [0.25, 0.3) is 0 Å². The minimum atomic E-state index is -0.939. The number of rotatable bonds is 6. The smallest absolute Gasteiger partial charge is 0.305 e. The van der Waals surface area contributed by atoms with Crippen molar-refractivity contribution in [1.29, 1.82) is 0 Å². The van der Waals surface area contributed by atoms with Gasteiger partial charge in [0.1, 0.15) is 5.82 Å². The third-order valence-electron chi connectivity index (χ3n) is 3.93. The number of hydrogen-bond donors (Lipinski definition) is 1. The molecule has 0 aliphatic carbocycles. The highest BCUT2D eigenvalue weighted by Gasteiger charge is 2.18. The predicted octanol–water partition coefficient (Wildman–Crippen LogP) is 2.10. The van der Waals surface area contributed by atoms with E-state index in [1.807, 2.05) is 13.8 Å². The second-order valence-corrected chi connectivity index (χ2v) is 5.67. The Kier molecular flexibility index (Phi) is 5.33. The zero-order valence-electron chi connectivity index (χ0n) is 13.9. The second kappa shape index (κ2) is 7.25. The molecule has 0 aliphatic rings. The van der Waals surface area contributed by atoms with E-state index < -0.39 is 5.97 Å². The number of halogens is 1. The Labute approximate surface area is 139 Å². The number of likely N-dealkylation sites (N-methyl/N-ethyl adjacent to an activating group) is 1. The standard InChI is InChI=1S/C17H20FN3O3/c1-11-15(10-16(22)20(3)9-8-17(23)24)12(2)21(19-11)14-6-4-13(18)5-7-14/h4-7H,8-10H2,1-3H3,(H,23,24). The minimum absolute atomic E-state index is 0.0882. The van der Waals surface area contributed by atoms with Gasteiger partial charge < -0.3 is 10.0 Å². The lowest BCUT2D eigenvalue weighted by Crippen LogP contribution is -2.30. The van der Waals surface area contributed by atoms with Crippen molar-refractivity contribution in [2.24, 2.45) is 0 Å². The summed E-state index contributed by atoms with van der Waals surface area (Å²) in [7, 11) is 1.58.